The average Bonchev–Trinajstić information content (AvgIpc) is 3.61. The number of benzene rings is 7. The van der Waals surface area contributed by atoms with Crippen molar-refractivity contribution in [3.63, 3.8) is 0 Å². The van der Waals surface area contributed by atoms with Crippen LogP contribution < -0.4 is 0 Å². The van der Waals surface area contributed by atoms with Gasteiger partial charge in [-0.25, -0.2) is 9.98 Å². The van der Waals surface area contributed by atoms with Crippen LogP contribution >= 0.6 is 0 Å². The van der Waals surface area contributed by atoms with E-state index in [4.69, 9.17) is 9.98 Å². The number of amidine groups is 1. The van der Waals surface area contributed by atoms with Crippen LogP contribution in [0.4, 0.5) is 0 Å². The Kier molecular flexibility index (Phi) is 6.85. The zero-order valence-corrected chi connectivity index (χ0v) is 27.8. The van der Waals surface area contributed by atoms with Crippen molar-refractivity contribution < 1.29 is 0 Å². The SMILES string of the molecule is C1=C(c2ccccc2)N=C(c2ccccc2)N=C(n2c3ccccc3c3cc(-c4ccc5c(c4)c4ccccc4n5-c4ccccc4)ccc32)C1. The van der Waals surface area contributed by atoms with Gasteiger partial charge in [0, 0.05) is 39.2 Å². The van der Waals surface area contributed by atoms with Crippen molar-refractivity contribution >= 4 is 61.0 Å². The van der Waals surface area contributed by atoms with Gasteiger partial charge >= 0.3 is 0 Å². The van der Waals surface area contributed by atoms with Crippen LogP contribution in [0.25, 0.3) is 66.1 Å². The standard InChI is InChI=1S/C47H32N4/c1-4-14-32(15-5-1)41-26-29-46(49-47(48-41)33-16-6-2-7-17-33)51-43-23-13-11-21-38(43)40-31-35(25-28-45(40)51)34-24-27-44-39(30-34)37-20-10-12-22-42(37)50(44)36-18-8-3-9-19-36/h1-28,30-31H,29H2. The summed E-state index contributed by atoms with van der Waals surface area (Å²) in [6, 6.07) is 62.4. The molecule has 0 saturated heterocycles. The lowest BCUT2D eigenvalue weighted by atomic mass is 10.0. The summed E-state index contributed by atoms with van der Waals surface area (Å²) in [6.45, 7) is 0. The molecule has 0 fully saturated rings. The van der Waals surface area contributed by atoms with Gasteiger partial charge in [-0.05, 0) is 65.2 Å². The van der Waals surface area contributed by atoms with Crippen LogP contribution in [-0.2, 0) is 0 Å². The Bertz CT molecular complexity index is 2850. The van der Waals surface area contributed by atoms with Crippen LogP contribution in [0.1, 0.15) is 17.5 Å². The second-order valence-corrected chi connectivity index (χ2v) is 13.0. The van der Waals surface area contributed by atoms with Gasteiger partial charge in [0.2, 0.25) is 0 Å². The third-order valence-corrected chi connectivity index (χ3v) is 9.99. The number of hydrogen-bond acceptors (Lipinski definition) is 2. The van der Waals surface area contributed by atoms with Crippen LogP contribution in [0.15, 0.2) is 192 Å². The highest BCUT2D eigenvalue weighted by molar-refractivity contribution is 6.19. The Morgan fingerprint density at radius 2 is 0.863 bits per heavy atom. The van der Waals surface area contributed by atoms with E-state index < -0.39 is 0 Å². The number of aromatic nitrogens is 2. The van der Waals surface area contributed by atoms with Crippen molar-refractivity contribution in [1.29, 1.82) is 0 Å². The predicted molar refractivity (Wildman–Crippen MR) is 214 cm³/mol. The highest BCUT2D eigenvalue weighted by Gasteiger charge is 2.20. The van der Waals surface area contributed by atoms with E-state index in [-0.39, 0.29) is 0 Å². The zero-order valence-electron chi connectivity index (χ0n) is 27.8. The number of para-hydroxylation sites is 3. The van der Waals surface area contributed by atoms with Crippen LogP contribution in [-0.4, -0.2) is 20.8 Å². The fourth-order valence-corrected chi connectivity index (χ4v) is 7.63. The van der Waals surface area contributed by atoms with E-state index in [0.29, 0.717) is 12.3 Å². The highest BCUT2D eigenvalue weighted by atomic mass is 15.1. The molecule has 3 heterocycles. The molecule has 1 aliphatic heterocycles. The number of nitrogens with zero attached hydrogens (tertiary/aromatic N) is 4. The van der Waals surface area contributed by atoms with Gasteiger partial charge in [0.05, 0.1) is 27.8 Å². The normalized spacial score (nSPS) is 13.4. The molecule has 0 saturated carbocycles. The summed E-state index contributed by atoms with van der Waals surface area (Å²) in [4.78, 5) is 10.4. The molecule has 0 radical (unpaired) electrons. The second kappa shape index (κ2) is 12.0. The van der Waals surface area contributed by atoms with E-state index in [1.54, 1.807) is 0 Å². The van der Waals surface area contributed by atoms with E-state index in [1.807, 2.05) is 24.3 Å². The summed E-state index contributed by atoms with van der Waals surface area (Å²) >= 11 is 0. The molecule has 9 aromatic rings. The van der Waals surface area contributed by atoms with E-state index in [9.17, 15) is 0 Å². The predicted octanol–water partition coefficient (Wildman–Crippen LogP) is 11.7. The van der Waals surface area contributed by atoms with Crippen molar-refractivity contribution in [1.82, 2.24) is 9.13 Å². The quantitative estimate of drug-likeness (QED) is 0.181. The lowest BCUT2D eigenvalue weighted by Gasteiger charge is -2.11. The second-order valence-electron chi connectivity index (χ2n) is 13.0. The first-order valence-corrected chi connectivity index (χ1v) is 17.4. The molecule has 240 valence electrons. The smallest absolute Gasteiger partial charge is 0.161 e. The molecule has 0 atom stereocenters. The number of rotatable bonds is 4. The Balaban J connectivity index is 1.14. The first-order valence-electron chi connectivity index (χ1n) is 17.4. The Morgan fingerprint density at radius 3 is 1.49 bits per heavy atom. The van der Waals surface area contributed by atoms with Crippen molar-refractivity contribution in [2.75, 3.05) is 0 Å². The summed E-state index contributed by atoms with van der Waals surface area (Å²) in [5, 5.41) is 4.90. The summed E-state index contributed by atoms with van der Waals surface area (Å²) in [7, 11) is 0. The molecule has 0 aliphatic carbocycles. The summed E-state index contributed by atoms with van der Waals surface area (Å²) in [5.41, 5.74) is 11.2. The van der Waals surface area contributed by atoms with Gasteiger partial charge in [-0.3, -0.25) is 4.57 Å². The van der Waals surface area contributed by atoms with Crippen LogP contribution in [0, 0.1) is 0 Å². The van der Waals surface area contributed by atoms with E-state index in [0.717, 1.165) is 33.7 Å². The van der Waals surface area contributed by atoms with Gasteiger partial charge < -0.3 is 4.57 Å². The fourth-order valence-electron chi connectivity index (χ4n) is 7.63. The molecule has 51 heavy (non-hydrogen) atoms. The lowest BCUT2D eigenvalue weighted by molar-refractivity contribution is 1.18. The molecule has 2 aromatic heterocycles. The Hall–Kier alpha value is -6.78. The van der Waals surface area contributed by atoms with Gasteiger partial charge in [-0.15, -0.1) is 0 Å². The van der Waals surface area contributed by atoms with Crippen molar-refractivity contribution in [3.05, 3.63) is 193 Å². The van der Waals surface area contributed by atoms with Crippen LogP contribution in [0.3, 0.4) is 0 Å². The van der Waals surface area contributed by atoms with E-state index in [1.165, 1.54) is 49.4 Å². The van der Waals surface area contributed by atoms with Crippen molar-refractivity contribution in [3.8, 4) is 16.8 Å². The highest BCUT2D eigenvalue weighted by Crippen LogP contribution is 2.38. The largest absolute Gasteiger partial charge is 0.309 e. The number of aliphatic imine (C=N–C) groups is 2. The Morgan fingerprint density at radius 1 is 0.373 bits per heavy atom. The van der Waals surface area contributed by atoms with E-state index in [2.05, 4.69) is 167 Å². The first kappa shape index (κ1) is 29.2. The van der Waals surface area contributed by atoms with Gasteiger partial charge in [0.25, 0.3) is 0 Å². The number of allylic oxidation sites excluding steroid dienone is 1. The maximum atomic E-state index is 5.31. The molecule has 0 bridgehead atoms. The number of hydrogen-bond donors (Lipinski definition) is 0. The number of fused-ring (bicyclic) bond motifs is 6. The minimum absolute atomic E-state index is 0.641. The zero-order chi connectivity index (χ0) is 33.7. The van der Waals surface area contributed by atoms with Gasteiger partial charge in [0.15, 0.2) is 5.84 Å². The summed E-state index contributed by atoms with van der Waals surface area (Å²) in [5.74, 6) is 1.65. The van der Waals surface area contributed by atoms with Crippen molar-refractivity contribution in [2.24, 2.45) is 9.98 Å². The molecule has 0 spiro atoms. The summed E-state index contributed by atoms with van der Waals surface area (Å²) < 4.78 is 4.69. The fraction of sp³-hybridized carbons (Fsp3) is 0.0213. The first-order chi connectivity index (χ1) is 25.3. The van der Waals surface area contributed by atoms with Crippen molar-refractivity contribution in [2.45, 2.75) is 6.42 Å². The van der Waals surface area contributed by atoms with Crippen LogP contribution in [0.5, 0.6) is 0 Å². The van der Waals surface area contributed by atoms with Gasteiger partial charge in [-0.1, -0.05) is 133 Å². The third-order valence-electron chi connectivity index (χ3n) is 9.99. The van der Waals surface area contributed by atoms with Gasteiger partial charge in [-0.2, -0.15) is 0 Å². The molecule has 10 rings (SSSR count). The molecular formula is C47H32N4. The summed E-state index contributed by atoms with van der Waals surface area (Å²) in [6.07, 6.45) is 2.85. The van der Waals surface area contributed by atoms with Crippen LogP contribution in [0.2, 0.25) is 0 Å². The molecule has 7 aromatic carbocycles. The molecule has 0 unspecified atom stereocenters. The van der Waals surface area contributed by atoms with E-state index >= 15 is 0 Å². The maximum absolute atomic E-state index is 5.31. The third kappa shape index (κ3) is 4.92. The topological polar surface area (TPSA) is 34.6 Å². The minimum Gasteiger partial charge on any atom is -0.309 e. The monoisotopic (exact) mass is 652 g/mol. The lowest BCUT2D eigenvalue weighted by Crippen LogP contribution is -2.13. The molecule has 0 N–H and O–H groups in total. The molecule has 0 amide bonds. The van der Waals surface area contributed by atoms with Gasteiger partial charge in [0.1, 0.15) is 5.84 Å². The maximum Gasteiger partial charge on any atom is 0.161 e. The Labute approximate surface area is 295 Å². The molecule has 1 aliphatic rings. The molecular weight excluding hydrogens is 621 g/mol. The molecule has 4 nitrogen and oxygen atoms in total. The average molecular weight is 653 g/mol. The molecule has 4 heteroatoms. The minimum atomic E-state index is 0.641.